The van der Waals surface area contributed by atoms with Gasteiger partial charge in [-0.3, -0.25) is 9.69 Å². The lowest BCUT2D eigenvalue weighted by atomic mass is 9.98. The van der Waals surface area contributed by atoms with E-state index in [0.717, 1.165) is 38.9 Å². The van der Waals surface area contributed by atoms with Crippen molar-refractivity contribution in [3.63, 3.8) is 0 Å². The predicted octanol–water partition coefficient (Wildman–Crippen LogP) is 1.10. The van der Waals surface area contributed by atoms with E-state index in [0.29, 0.717) is 25.1 Å². The highest BCUT2D eigenvalue weighted by Crippen LogP contribution is 2.20. The van der Waals surface area contributed by atoms with Crippen LogP contribution in [0, 0.1) is 5.92 Å². The number of methoxy groups -OCH3 is 1. The molecule has 0 aromatic heterocycles. The Bertz CT molecular complexity index is 330. The van der Waals surface area contributed by atoms with Crippen molar-refractivity contribution in [1.29, 1.82) is 0 Å². The molecule has 3 atom stereocenters. The molecule has 2 saturated heterocycles. The average Bonchev–Trinajstić information content (AvgIpc) is 2.47. The summed E-state index contributed by atoms with van der Waals surface area (Å²) in [7, 11) is 1.76. The lowest BCUT2D eigenvalue weighted by Gasteiger charge is -2.39. The number of hydrogen-bond donors (Lipinski definition) is 1. The number of carbonyl (C=O) groups is 1. The zero-order valence-corrected chi connectivity index (χ0v) is 14.1. The Morgan fingerprint density at radius 1 is 1.33 bits per heavy atom. The van der Waals surface area contributed by atoms with Crippen molar-refractivity contribution >= 4 is 18.3 Å². The second-order valence-electron chi connectivity index (χ2n) is 6.33. The molecule has 2 aliphatic heterocycles. The molecule has 5 nitrogen and oxygen atoms in total. The summed E-state index contributed by atoms with van der Waals surface area (Å²) in [6.45, 7) is 6.10. The summed E-state index contributed by atoms with van der Waals surface area (Å²) < 4.78 is 5.43. The summed E-state index contributed by atoms with van der Waals surface area (Å²) in [4.78, 5) is 16.7. The van der Waals surface area contributed by atoms with Gasteiger partial charge in [-0.15, -0.1) is 12.4 Å². The van der Waals surface area contributed by atoms with Crippen LogP contribution in [0.1, 0.15) is 32.6 Å². The van der Waals surface area contributed by atoms with Crippen molar-refractivity contribution in [1.82, 2.24) is 9.80 Å². The summed E-state index contributed by atoms with van der Waals surface area (Å²) in [6.07, 6.45) is 4.62. The van der Waals surface area contributed by atoms with Crippen molar-refractivity contribution in [2.24, 2.45) is 11.7 Å². The molecule has 1 amide bonds. The zero-order valence-electron chi connectivity index (χ0n) is 13.3. The van der Waals surface area contributed by atoms with E-state index in [2.05, 4.69) is 11.8 Å². The van der Waals surface area contributed by atoms with E-state index in [4.69, 9.17) is 10.5 Å². The fraction of sp³-hybridized carbons (Fsp3) is 0.933. The van der Waals surface area contributed by atoms with Gasteiger partial charge in [-0.25, -0.2) is 0 Å². The third-order valence-electron chi connectivity index (χ3n) is 4.74. The number of piperidine rings is 2. The first-order valence-corrected chi connectivity index (χ1v) is 7.88. The molecular weight excluding hydrogens is 290 g/mol. The lowest BCUT2D eigenvalue weighted by molar-refractivity contribution is -0.135. The Labute approximate surface area is 134 Å². The van der Waals surface area contributed by atoms with E-state index in [1.165, 1.54) is 6.42 Å². The van der Waals surface area contributed by atoms with Crippen molar-refractivity contribution in [2.45, 2.75) is 44.8 Å². The van der Waals surface area contributed by atoms with Crippen molar-refractivity contribution in [3.8, 4) is 0 Å². The summed E-state index contributed by atoms with van der Waals surface area (Å²) in [5.74, 6) is 0.906. The molecule has 3 unspecified atom stereocenters. The van der Waals surface area contributed by atoms with Gasteiger partial charge in [-0.2, -0.15) is 0 Å². The van der Waals surface area contributed by atoms with Gasteiger partial charge in [0.25, 0.3) is 0 Å². The molecule has 0 aromatic carbocycles. The van der Waals surface area contributed by atoms with Crippen LogP contribution in [0.5, 0.6) is 0 Å². The van der Waals surface area contributed by atoms with Crippen LogP contribution in [0.4, 0.5) is 0 Å². The SMILES string of the molecule is COC1CCN(CC(=O)N2CCCC(C)C2)C(CN)C1.Cl. The highest BCUT2D eigenvalue weighted by molar-refractivity contribution is 5.85. The highest BCUT2D eigenvalue weighted by Gasteiger charge is 2.30. The van der Waals surface area contributed by atoms with Gasteiger partial charge in [0.1, 0.15) is 0 Å². The summed E-state index contributed by atoms with van der Waals surface area (Å²) in [5, 5.41) is 0. The van der Waals surface area contributed by atoms with E-state index in [9.17, 15) is 4.79 Å². The molecule has 2 fully saturated rings. The number of rotatable bonds is 4. The molecule has 0 radical (unpaired) electrons. The minimum Gasteiger partial charge on any atom is -0.381 e. The maximum atomic E-state index is 12.4. The average molecular weight is 320 g/mol. The van der Waals surface area contributed by atoms with Crippen LogP contribution in [-0.4, -0.2) is 67.7 Å². The second-order valence-corrected chi connectivity index (χ2v) is 6.33. The fourth-order valence-corrected chi connectivity index (χ4v) is 3.42. The minimum atomic E-state index is 0. The number of halogens is 1. The van der Waals surface area contributed by atoms with Crippen LogP contribution in [0.25, 0.3) is 0 Å². The smallest absolute Gasteiger partial charge is 0.236 e. The Kier molecular flexibility index (Phi) is 7.95. The molecule has 2 aliphatic rings. The molecule has 2 heterocycles. The second kappa shape index (κ2) is 8.93. The summed E-state index contributed by atoms with van der Waals surface area (Å²) >= 11 is 0. The van der Waals surface area contributed by atoms with Crippen molar-refractivity contribution in [2.75, 3.05) is 39.8 Å². The number of nitrogens with zero attached hydrogens (tertiary/aromatic N) is 2. The first-order valence-electron chi connectivity index (χ1n) is 7.88. The van der Waals surface area contributed by atoms with Gasteiger partial charge < -0.3 is 15.4 Å². The normalized spacial score (nSPS) is 30.8. The van der Waals surface area contributed by atoms with E-state index in [1.807, 2.05) is 4.90 Å². The van der Waals surface area contributed by atoms with E-state index in [-0.39, 0.29) is 24.4 Å². The van der Waals surface area contributed by atoms with Gasteiger partial charge in [0, 0.05) is 39.3 Å². The Morgan fingerprint density at radius 2 is 2.10 bits per heavy atom. The molecule has 0 aromatic rings. The molecule has 2 N–H and O–H groups in total. The van der Waals surface area contributed by atoms with Gasteiger partial charge in [0.2, 0.25) is 5.91 Å². The maximum Gasteiger partial charge on any atom is 0.236 e. The van der Waals surface area contributed by atoms with E-state index < -0.39 is 0 Å². The topological polar surface area (TPSA) is 58.8 Å². The molecule has 0 aliphatic carbocycles. The van der Waals surface area contributed by atoms with Gasteiger partial charge in [0.05, 0.1) is 12.6 Å². The Hall–Kier alpha value is -0.360. The van der Waals surface area contributed by atoms with Crippen LogP contribution < -0.4 is 5.73 Å². The van der Waals surface area contributed by atoms with Crippen LogP contribution >= 0.6 is 12.4 Å². The molecular formula is C15H30ClN3O2. The van der Waals surface area contributed by atoms with E-state index >= 15 is 0 Å². The van der Waals surface area contributed by atoms with Crippen LogP contribution in [0.15, 0.2) is 0 Å². The van der Waals surface area contributed by atoms with Gasteiger partial charge >= 0.3 is 0 Å². The molecule has 0 bridgehead atoms. The Morgan fingerprint density at radius 3 is 2.71 bits per heavy atom. The summed E-state index contributed by atoms with van der Waals surface area (Å²) in [5.41, 5.74) is 5.86. The van der Waals surface area contributed by atoms with Gasteiger partial charge in [0.15, 0.2) is 0 Å². The van der Waals surface area contributed by atoms with Gasteiger partial charge in [-0.1, -0.05) is 6.92 Å². The molecule has 6 heteroatoms. The number of carbonyl (C=O) groups excluding carboxylic acids is 1. The molecule has 0 saturated carbocycles. The summed E-state index contributed by atoms with van der Waals surface area (Å²) in [6, 6.07) is 0.278. The van der Waals surface area contributed by atoms with E-state index in [1.54, 1.807) is 7.11 Å². The molecule has 21 heavy (non-hydrogen) atoms. The molecule has 2 rings (SSSR count). The number of amides is 1. The minimum absolute atomic E-state index is 0. The third-order valence-corrected chi connectivity index (χ3v) is 4.74. The quantitative estimate of drug-likeness (QED) is 0.843. The van der Waals surface area contributed by atoms with Gasteiger partial charge in [-0.05, 0) is 31.6 Å². The first kappa shape index (κ1) is 18.7. The van der Waals surface area contributed by atoms with Crippen LogP contribution in [0.3, 0.4) is 0 Å². The van der Waals surface area contributed by atoms with Crippen LogP contribution in [0.2, 0.25) is 0 Å². The largest absolute Gasteiger partial charge is 0.381 e. The highest BCUT2D eigenvalue weighted by atomic mass is 35.5. The number of nitrogens with two attached hydrogens (primary N) is 1. The number of hydrogen-bond acceptors (Lipinski definition) is 4. The molecule has 0 spiro atoms. The van der Waals surface area contributed by atoms with Crippen molar-refractivity contribution < 1.29 is 9.53 Å². The van der Waals surface area contributed by atoms with Crippen molar-refractivity contribution in [3.05, 3.63) is 0 Å². The fourth-order valence-electron chi connectivity index (χ4n) is 3.42. The monoisotopic (exact) mass is 319 g/mol. The standard InChI is InChI=1S/C15H29N3O2.ClH/c1-12-4-3-6-18(10-12)15(19)11-17-7-5-14(20-2)8-13(17)9-16;/h12-14H,3-11,16H2,1-2H3;1H. The van der Waals surface area contributed by atoms with Crippen LogP contribution in [-0.2, 0) is 9.53 Å². The zero-order chi connectivity index (χ0) is 14.5. The maximum absolute atomic E-state index is 12.4. The first-order chi connectivity index (χ1) is 9.63. The third kappa shape index (κ3) is 5.09. The lowest BCUT2D eigenvalue weighted by Crippen LogP contribution is -2.53. The molecule has 124 valence electrons. The number of ether oxygens (including phenoxy) is 1. The predicted molar refractivity (Wildman–Crippen MR) is 86.7 cm³/mol. The number of likely N-dealkylation sites (tertiary alicyclic amines) is 2. The Balaban J connectivity index is 0.00000220.